The van der Waals surface area contributed by atoms with Gasteiger partial charge in [0, 0.05) is 5.39 Å². The minimum atomic E-state index is -0.433. The van der Waals surface area contributed by atoms with E-state index in [9.17, 15) is 4.79 Å². The zero-order valence-corrected chi connectivity index (χ0v) is 13.0. The molecular formula is C20H19NO2. The van der Waals surface area contributed by atoms with Gasteiger partial charge in [0.15, 0.2) is 0 Å². The van der Waals surface area contributed by atoms with E-state index in [0.717, 1.165) is 28.4 Å². The van der Waals surface area contributed by atoms with Gasteiger partial charge in [0.25, 0.3) is 0 Å². The molecule has 3 aromatic rings. The lowest BCUT2D eigenvalue weighted by Gasteiger charge is -2.17. The average Bonchev–Trinajstić information content (AvgIpc) is 2.61. The van der Waals surface area contributed by atoms with Crippen LogP contribution in [-0.2, 0) is 4.74 Å². The number of benzene rings is 3. The van der Waals surface area contributed by atoms with E-state index in [4.69, 9.17) is 4.74 Å². The lowest BCUT2D eigenvalue weighted by molar-refractivity contribution is 0.108. The number of rotatable bonds is 4. The summed E-state index contributed by atoms with van der Waals surface area (Å²) in [6.07, 6.45) is 0.0516. The van der Waals surface area contributed by atoms with Crippen LogP contribution in [0.1, 0.15) is 25.0 Å². The second-order valence-corrected chi connectivity index (χ2v) is 5.36. The first-order chi connectivity index (χ1) is 11.3. The summed E-state index contributed by atoms with van der Waals surface area (Å²) in [6.45, 7) is 2.00. The van der Waals surface area contributed by atoms with Crippen LogP contribution in [0.2, 0.25) is 0 Å². The van der Waals surface area contributed by atoms with Gasteiger partial charge in [-0.15, -0.1) is 0 Å². The molecule has 1 atom stereocenters. The molecule has 0 fully saturated rings. The fourth-order valence-electron chi connectivity index (χ4n) is 2.66. The summed E-state index contributed by atoms with van der Waals surface area (Å²) in [5.41, 5.74) is 1.76. The molecule has 0 radical (unpaired) electrons. The van der Waals surface area contributed by atoms with Crippen LogP contribution >= 0.6 is 0 Å². The maximum Gasteiger partial charge on any atom is 0.412 e. The topological polar surface area (TPSA) is 38.3 Å². The van der Waals surface area contributed by atoms with Crippen molar-refractivity contribution in [3.8, 4) is 0 Å². The number of ether oxygens (including phenoxy) is 1. The molecule has 0 aromatic heterocycles. The van der Waals surface area contributed by atoms with E-state index in [-0.39, 0.29) is 6.10 Å². The number of anilines is 1. The smallest absolute Gasteiger partial charge is 0.412 e. The Balaban J connectivity index is 1.76. The first kappa shape index (κ1) is 15.1. The van der Waals surface area contributed by atoms with Crippen LogP contribution < -0.4 is 5.32 Å². The lowest BCUT2D eigenvalue weighted by atomic mass is 10.1. The predicted octanol–water partition coefficient (Wildman–Crippen LogP) is 5.54. The van der Waals surface area contributed by atoms with Gasteiger partial charge in [-0.25, -0.2) is 4.79 Å². The average molecular weight is 305 g/mol. The van der Waals surface area contributed by atoms with Gasteiger partial charge >= 0.3 is 6.09 Å². The van der Waals surface area contributed by atoms with E-state index >= 15 is 0 Å². The van der Waals surface area contributed by atoms with Gasteiger partial charge < -0.3 is 4.74 Å². The number of carbonyl (C=O) groups is 1. The zero-order chi connectivity index (χ0) is 16.1. The largest absolute Gasteiger partial charge is 0.441 e. The third kappa shape index (κ3) is 3.51. The fourth-order valence-corrected chi connectivity index (χ4v) is 2.66. The second kappa shape index (κ2) is 6.97. The van der Waals surface area contributed by atoms with Gasteiger partial charge in [0.2, 0.25) is 0 Å². The Morgan fingerprint density at radius 1 is 0.957 bits per heavy atom. The van der Waals surface area contributed by atoms with E-state index in [2.05, 4.69) is 5.32 Å². The van der Waals surface area contributed by atoms with E-state index in [0.29, 0.717) is 0 Å². The van der Waals surface area contributed by atoms with Crippen molar-refractivity contribution in [3.05, 3.63) is 78.4 Å². The molecule has 3 aromatic carbocycles. The number of nitrogens with one attached hydrogen (secondary N) is 1. The maximum atomic E-state index is 12.3. The number of carbonyl (C=O) groups excluding carboxylic acids is 1. The second-order valence-electron chi connectivity index (χ2n) is 5.36. The van der Waals surface area contributed by atoms with Crippen molar-refractivity contribution in [1.29, 1.82) is 0 Å². The molecule has 3 heteroatoms. The molecule has 1 N–H and O–H groups in total. The van der Waals surface area contributed by atoms with E-state index < -0.39 is 6.09 Å². The van der Waals surface area contributed by atoms with Gasteiger partial charge in [0.05, 0.1) is 5.69 Å². The minimum absolute atomic E-state index is 0.244. The molecule has 0 saturated carbocycles. The third-order valence-corrected chi connectivity index (χ3v) is 3.82. The number of hydrogen-bond donors (Lipinski definition) is 1. The summed E-state index contributed by atoms with van der Waals surface area (Å²) in [6, 6.07) is 23.6. The molecule has 3 rings (SSSR count). The van der Waals surface area contributed by atoms with Crippen LogP contribution in [0.15, 0.2) is 72.8 Å². The van der Waals surface area contributed by atoms with Crippen LogP contribution in [0, 0.1) is 0 Å². The zero-order valence-electron chi connectivity index (χ0n) is 13.0. The molecule has 116 valence electrons. The molecule has 0 unspecified atom stereocenters. The highest BCUT2D eigenvalue weighted by Crippen LogP contribution is 2.25. The summed E-state index contributed by atoms with van der Waals surface area (Å²) < 4.78 is 5.59. The number of fused-ring (bicyclic) bond motifs is 1. The maximum absolute atomic E-state index is 12.3. The molecule has 1 amide bonds. The fraction of sp³-hybridized carbons (Fsp3) is 0.150. The molecule has 0 bridgehead atoms. The van der Waals surface area contributed by atoms with Crippen molar-refractivity contribution in [2.24, 2.45) is 0 Å². The number of amides is 1. The van der Waals surface area contributed by atoms with Gasteiger partial charge in [-0.05, 0) is 23.4 Å². The predicted molar refractivity (Wildman–Crippen MR) is 93.5 cm³/mol. The van der Waals surface area contributed by atoms with Crippen LogP contribution in [0.25, 0.3) is 10.8 Å². The van der Waals surface area contributed by atoms with Crippen LogP contribution in [0.5, 0.6) is 0 Å². The Hall–Kier alpha value is -2.81. The van der Waals surface area contributed by atoms with Gasteiger partial charge in [-0.2, -0.15) is 0 Å². The highest BCUT2D eigenvalue weighted by atomic mass is 16.6. The Morgan fingerprint density at radius 2 is 1.65 bits per heavy atom. The summed E-state index contributed by atoms with van der Waals surface area (Å²) in [7, 11) is 0. The molecule has 0 aliphatic carbocycles. The number of hydrogen-bond acceptors (Lipinski definition) is 2. The van der Waals surface area contributed by atoms with Crippen LogP contribution in [0.4, 0.5) is 10.5 Å². The first-order valence-electron chi connectivity index (χ1n) is 7.78. The van der Waals surface area contributed by atoms with Crippen molar-refractivity contribution >= 4 is 22.6 Å². The van der Waals surface area contributed by atoms with Crippen molar-refractivity contribution in [2.75, 3.05) is 5.32 Å². The molecule has 0 spiro atoms. The first-order valence-corrected chi connectivity index (χ1v) is 7.78. The molecule has 0 saturated heterocycles. The van der Waals surface area contributed by atoms with Gasteiger partial charge in [-0.3, -0.25) is 5.32 Å². The Labute approximate surface area is 135 Å². The molecule has 0 aliphatic rings. The van der Waals surface area contributed by atoms with Gasteiger partial charge in [-0.1, -0.05) is 73.7 Å². The monoisotopic (exact) mass is 305 g/mol. The SMILES string of the molecule is CC[C@H](OC(=O)Nc1cccc2ccccc12)c1ccccc1. The highest BCUT2D eigenvalue weighted by molar-refractivity contribution is 6.00. The van der Waals surface area contributed by atoms with E-state index in [1.54, 1.807) is 0 Å². The van der Waals surface area contributed by atoms with Crippen molar-refractivity contribution in [2.45, 2.75) is 19.4 Å². The molecular weight excluding hydrogens is 286 g/mol. The van der Waals surface area contributed by atoms with Crippen LogP contribution in [0.3, 0.4) is 0 Å². The van der Waals surface area contributed by atoms with E-state index in [1.807, 2.05) is 79.7 Å². The summed E-state index contributed by atoms with van der Waals surface area (Å²) in [5, 5.41) is 4.94. The highest BCUT2D eigenvalue weighted by Gasteiger charge is 2.15. The summed E-state index contributed by atoms with van der Waals surface area (Å²) in [5.74, 6) is 0. The summed E-state index contributed by atoms with van der Waals surface area (Å²) in [4.78, 5) is 12.3. The summed E-state index contributed by atoms with van der Waals surface area (Å²) >= 11 is 0. The standard InChI is InChI=1S/C20H19NO2/c1-2-19(16-10-4-3-5-11-16)23-20(22)21-18-14-8-12-15-9-6-7-13-17(15)18/h3-14,19H,2H2,1H3,(H,21,22)/t19-/m0/s1. The van der Waals surface area contributed by atoms with Gasteiger partial charge in [0.1, 0.15) is 6.10 Å². The molecule has 0 heterocycles. The molecule has 3 nitrogen and oxygen atoms in total. The quantitative estimate of drug-likeness (QED) is 0.687. The van der Waals surface area contributed by atoms with Crippen LogP contribution in [-0.4, -0.2) is 6.09 Å². The van der Waals surface area contributed by atoms with E-state index in [1.165, 1.54) is 0 Å². The van der Waals surface area contributed by atoms with Crippen molar-refractivity contribution in [3.63, 3.8) is 0 Å². The van der Waals surface area contributed by atoms with Crippen molar-refractivity contribution in [1.82, 2.24) is 0 Å². The normalized spacial score (nSPS) is 11.9. The Bertz CT molecular complexity index is 794. The Morgan fingerprint density at radius 3 is 2.43 bits per heavy atom. The molecule has 0 aliphatic heterocycles. The lowest BCUT2D eigenvalue weighted by Crippen LogP contribution is -2.17. The minimum Gasteiger partial charge on any atom is -0.441 e. The molecule has 23 heavy (non-hydrogen) atoms. The van der Waals surface area contributed by atoms with Crippen molar-refractivity contribution < 1.29 is 9.53 Å². The third-order valence-electron chi connectivity index (χ3n) is 3.82. The Kier molecular flexibility index (Phi) is 4.57.